The highest BCUT2D eigenvalue weighted by Gasteiger charge is 2.36. The topological polar surface area (TPSA) is 120 Å². The number of phenols is 1. The van der Waals surface area contributed by atoms with Gasteiger partial charge in [-0.25, -0.2) is 9.18 Å². The Morgan fingerprint density at radius 2 is 1.81 bits per heavy atom. The Labute approximate surface area is 181 Å². The summed E-state index contributed by atoms with van der Waals surface area (Å²) in [5.41, 5.74) is 6.15. The van der Waals surface area contributed by atoms with Gasteiger partial charge in [-0.15, -0.1) is 0 Å². The highest BCUT2D eigenvalue weighted by Crippen LogP contribution is 2.42. The fourth-order valence-electron chi connectivity index (χ4n) is 4.47. The maximum Gasteiger partial charge on any atom is 0.350 e. The Hall–Kier alpha value is -3.04. The largest absolute Gasteiger partial charge is 0.508 e. The summed E-state index contributed by atoms with van der Waals surface area (Å²) >= 11 is 6.66. The van der Waals surface area contributed by atoms with Crippen LogP contribution in [0.1, 0.15) is 30.4 Å². The molecule has 2 heterocycles. The number of nitrogens with zero attached hydrogens (tertiary/aromatic N) is 3. The molecule has 2 fully saturated rings. The molecule has 5 N–H and O–H groups in total. The summed E-state index contributed by atoms with van der Waals surface area (Å²) in [6, 6.07) is 7.43. The van der Waals surface area contributed by atoms with Crippen molar-refractivity contribution in [3.63, 3.8) is 0 Å². The van der Waals surface area contributed by atoms with Crippen molar-refractivity contribution in [2.24, 2.45) is 5.73 Å². The van der Waals surface area contributed by atoms with Crippen LogP contribution in [0.5, 0.6) is 5.75 Å². The molecule has 3 aromatic rings. The lowest BCUT2D eigenvalue weighted by Crippen LogP contribution is -2.44. The van der Waals surface area contributed by atoms with Gasteiger partial charge in [-0.05, 0) is 36.6 Å². The number of fused-ring (bicyclic) bond motifs is 1. The molecule has 1 aliphatic carbocycles. The highest BCUT2D eigenvalue weighted by molar-refractivity contribution is 6.38. The van der Waals surface area contributed by atoms with Gasteiger partial charge >= 0.3 is 5.69 Å². The lowest BCUT2D eigenvalue weighted by Gasteiger charge is -2.23. The molecule has 1 aromatic heterocycles. The zero-order valence-electron chi connectivity index (χ0n) is 16.5. The van der Waals surface area contributed by atoms with E-state index in [4.69, 9.17) is 23.2 Å². The van der Waals surface area contributed by atoms with E-state index < -0.39 is 17.1 Å². The second-order valence-electron chi connectivity index (χ2n) is 8.24. The Kier molecular flexibility index (Phi) is 4.49. The van der Waals surface area contributed by atoms with Crippen molar-refractivity contribution in [1.82, 2.24) is 9.24 Å². The van der Waals surface area contributed by atoms with Gasteiger partial charge in [-0.3, -0.25) is 9.36 Å². The van der Waals surface area contributed by atoms with E-state index in [1.54, 1.807) is 29.2 Å². The van der Waals surface area contributed by atoms with Gasteiger partial charge in [0.05, 0.1) is 21.6 Å². The monoisotopic (exact) mass is 445 g/mol. The van der Waals surface area contributed by atoms with Gasteiger partial charge in [0.1, 0.15) is 11.6 Å². The van der Waals surface area contributed by atoms with Crippen molar-refractivity contribution < 1.29 is 9.50 Å². The predicted molar refractivity (Wildman–Crippen MR) is 117 cm³/mol. The van der Waals surface area contributed by atoms with Crippen LogP contribution in [0.4, 0.5) is 10.1 Å². The molecule has 2 unspecified atom stereocenters. The Bertz CT molecular complexity index is 1320. The average molecular weight is 446 g/mol. The van der Waals surface area contributed by atoms with Crippen LogP contribution in [0.25, 0.3) is 10.9 Å². The quantitative estimate of drug-likeness (QED) is 0.527. The number of aromatic hydroxyl groups is 1. The first-order chi connectivity index (χ1) is 14.8. The van der Waals surface area contributed by atoms with Crippen molar-refractivity contribution >= 4 is 28.2 Å². The zero-order valence-corrected chi connectivity index (χ0v) is 17.2. The second kappa shape index (κ2) is 7.00. The first-order valence-corrected chi connectivity index (χ1v) is 10.4. The van der Waals surface area contributed by atoms with Gasteiger partial charge in [0, 0.05) is 31.1 Å². The van der Waals surface area contributed by atoms with E-state index in [0.717, 1.165) is 24.5 Å². The predicted octanol–water partition coefficient (Wildman–Crippen LogP) is 1.64. The molecule has 8 nitrogen and oxygen atoms in total. The van der Waals surface area contributed by atoms with Crippen molar-refractivity contribution in [2.45, 2.75) is 30.8 Å². The van der Waals surface area contributed by atoms with E-state index >= 15 is 4.39 Å². The smallest absolute Gasteiger partial charge is 0.350 e. The molecular weight excluding hydrogens is 425 g/mol. The summed E-state index contributed by atoms with van der Waals surface area (Å²) in [5, 5.41) is 9.52. The summed E-state index contributed by atoms with van der Waals surface area (Å²) in [6.07, 6.45) is 1.52. The number of anilines is 1. The zero-order chi connectivity index (χ0) is 22.0. The Morgan fingerprint density at radius 1 is 1.13 bits per heavy atom. The summed E-state index contributed by atoms with van der Waals surface area (Å²) in [4.78, 5) is 27.0. The fraction of sp³-hybridized carbons (Fsp3) is 0.333. The Morgan fingerprint density at radius 3 is 2.45 bits per heavy atom. The molecular formula is C21H21ClFN5O3. The maximum atomic E-state index is 15.2. The number of benzene rings is 2. The molecule has 2 aliphatic rings. The third kappa shape index (κ3) is 3.07. The molecule has 2 atom stereocenters. The van der Waals surface area contributed by atoms with Gasteiger partial charge in [0.2, 0.25) is 0 Å². The lowest BCUT2D eigenvalue weighted by molar-refractivity contribution is 0.474. The lowest BCUT2D eigenvalue weighted by atomic mass is 9.95. The second-order valence-corrected chi connectivity index (χ2v) is 8.62. The molecule has 2 aromatic carbocycles. The number of nitrogens with two attached hydrogens (primary N) is 2. The number of halogens is 2. The van der Waals surface area contributed by atoms with Gasteiger partial charge in [0.25, 0.3) is 5.56 Å². The molecule has 1 saturated carbocycles. The summed E-state index contributed by atoms with van der Waals surface area (Å²) in [5.74, 6) is 5.02. The van der Waals surface area contributed by atoms with Gasteiger partial charge in [-0.1, -0.05) is 23.7 Å². The summed E-state index contributed by atoms with van der Waals surface area (Å²) < 4.78 is 17.1. The highest BCUT2D eigenvalue weighted by atomic mass is 35.5. The van der Waals surface area contributed by atoms with Crippen molar-refractivity contribution in [1.29, 1.82) is 0 Å². The summed E-state index contributed by atoms with van der Waals surface area (Å²) in [7, 11) is 0. The van der Waals surface area contributed by atoms with Gasteiger partial charge in [0.15, 0.2) is 0 Å². The first-order valence-electron chi connectivity index (χ1n) is 10.0. The maximum absolute atomic E-state index is 15.2. The van der Waals surface area contributed by atoms with Gasteiger partial charge in [-0.2, -0.15) is 4.68 Å². The van der Waals surface area contributed by atoms with Crippen molar-refractivity contribution in [3.05, 3.63) is 67.6 Å². The van der Waals surface area contributed by atoms with Crippen LogP contribution in [-0.2, 0) is 0 Å². The molecule has 5 rings (SSSR count). The van der Waals surface area contributed by atoms with E-state index in [2.05, 4.69) is 0 Å². The molecule has 0 amide bonds. The molecule has 10 heteroatoms. The van der Waals surface area contributed by atoms with Crippen molar-refractivity contribution in [2.75, 3.05) is 23.8 Å². The minimum Gasteiger partial charge on any atom is -0.508 e. The first kappa shape index (κ1) is 19.9. The molecule has 0 radical (unpaired) electrons. The number of hydrogen-bond acceptors (Lipinski definition) is 6. The minimum absolute atomic E-state index is 0.00950. The van der Waals surface area contributed by atoms with E-state index in [0.29, 0.717) is 17.8 Å². The van der Waals surface area contributed by atoms with Crippen LogP contribution < -0.4 is 27.7 Å². The number of aromatic nitrogens is 2. The van der Waals surface area contributed by atoms with Crippen molar-refractivity contribution in [3.8, 4) is 5.75 Å². The minimum atomic E-state index is -0.788. The summed E-state index contributed by atoms with van der Waals surface area (Å²) in [6.45, 7) is 0.741. The molecule has 1 saturated heterocycles. The van der Waals surface area contributed by atoms with Crippen LogP contribution in [0.3, 0.4) is 0 Å². The van der Waals surface area contributed by atoms with Crippen LogP contribution >= 0.6 is 11.6 Å². The van der Waals surface area contributed by atoms with E-state index in [-0.39, 0.29) is 45.4 Å². The molecule has 0 bridgehead atoms. The molecule has 162 valence electrons. The van der Waals surface area contributed by atoms with E-state index in [9.17, 15) is 14.7 Å². The van der Waals surface area contributed by atoms with E-state index in [1.165, 1.54) is 4.57 Å². The number of rotatable bonds is 3. The molecule has 0 spiro atoms. The third-order valence-corrected chi connectivity index (χ3v) is 6.54. The number of hydrogen-bond donors (Lipinski definition) is 3. The van der Waals surface area contributed by atoms with Gasteiger partial charge < -0.3 is 21.6 Å². The number of phenolic OH excluding ortho intramolecular Hbond substituents is 1. The average Bonchev–Trinajstić information content (AvgIpc) is 3.50. The molecule has 31 heavy (non-hydrogen) atoms. The van der Waals surface area contributed by atoms with Crippen LogP contribution in [0.2, 0.25) is 5.02 Å². The van der Waals surface area contributed by atoms with Crippen LogP contribution in [-0.4, -0.2) is 33.5 Å². The van der Waals surface area contributed by atoms with E-state index in [1.807, 2.05) is 0 Å². The van der Waals surface area contributed by atoms with Crippen LogP contribution in [0.15, 0.2) is 39.9 Å². The number of nitrogen functional groups attached to an aromatic ring is 1. The van der Waals surface area contributed by atoms with Crippen LogP contribution in [0, 0.1) is 5.82 Å². The normalized spacial score (nSPS) is 21.2. The SMILES string of the molecule is NC1CN(c2c(F)cc3c(=O)n(N)c(=O)n(C4CC4)c3c2Cl)CC1c1ccc(O)cc1. The Balaban J connectivity index is 1.65. The third-order valence-electron chi connectivity index (χ3n) is 6.19. The molecule has 1 aliphatic heterocycles. The fourth-order valence-corrected chi connectivity index (χ4v) is 4.88. The standard InChI is InChI=1S/C21H21ClFN5O3/c22-17-18-13(20(30)28(25)21(31)27(18)11-3-4-11)7-15(23)19(17)26-8-14(16(24)9-26)10-1-5-12(29)6-2-10/h1-2,5-7,11,14,16,29H,3-4,8-9,24-25H2.